The molecule has 32 heavy (non-hydrogen) atoms. The average Bonchev–Trinajstić information content (AvgIpc) is 2.78. The number of halogens is 1. The van der Waals surface area contributed by atoms with Crippen molar-refractivity contribution >= 4 is 24.3 Å². The normalized spacial score (nSPS) is 17.8. The molecule has 0 aliphatic carbocycles. The highest BCUT2D eigenvalue weighted by Crippen LogP contribution is 2.39. The number of aliphatic hydroxyl groups excluding tert-OH is 1. The molecule has 0 aromatic heterocycles. The van der Waals surface area contributed by atoms with E-state index in [1.807, 2.05) is 42.5 Å². The first-order valence-electron chi connectivity index (χ1n) is 10.8. The molecule has 0 unspecified atom stereocenters. The number of esters is 1. The SMILES string of the molecule is CCOC(=O)C1=C(O)CC2(CCNCC2)N(Cc2ccc(-c3ccccc3)cc2)C1=O.Cl. The van der Waals surface area contributed by atoms with Crippen LogP contribution < -0.4 is 5.32 Å². The van der Waals surface area contributed by atoms with Gasteiger partial charge in [0.2, 0.25) is 0 Å². The Morgan fingerprint density at radius 2 is 1.69 bits per heavy atom. The number of hydrogen-bond acceptors (Lipinski definition) is 5. The minimum Gasteiger partial charge on any atom is -0.511 e. The summed E-state index contributed by atoms with van der Waals surface area (Å²) in [5.74, 6) is -1.35. The van der Waals surface area contributed by atoms with E-state index in [4.69, 9.17) is 4.74 Å². The molecule has 2 N–H and O–H groups in total. The van der Waals surface area contributed by atoms with Crippen molar-refractivity contribution in [3.05, 3.63) is 71.5 Å². The second kappa shape index (κ2) is 10.2. The Bertz CT molecular complexity index is 983. The fourth-order valence-corrected chi connectivity index (χ4v) is 4.57. The van der Waals surface area contributed by atoms with Gasteiger partial charge < -0.3 is 20.1 Å². The largest absolute Gasteiger partial charge is 0.511 e. The predicted molar refractivity (Wildman–Crippen MR) is 125 cm³/mol. The topological polar surface area (TPSA) is 78.9 Å². The molecular formula is C25H29ClN2O4. The fourth-order valence-electron chi connectivity index (χ4n) is 4.57. The molecule has 2 aromatic carbocycles. The highest BCUT2D eigenvalue weighted by molar-refractivity contribution is 6.17. The van der Waals surface area contributed by atoms with Crippen LogP contribution in [0.5, 0.6) is 0 Å². The van der Waals surface area contributed by atoms with Crippen LogP contribution in [0, 0.1) is 0 Å². The molecule has 7 heteroatoms. The molecule has 2 aliphatic rings. The van der Waals surface area contributed by atoms with Crippen LogP contribution in [-0.4, -0.2) is 47.1 Å². The van der Waals surface area contributed by atoms with Gasteiger partial charge in [0, 0.05) is 13.0 Å². The van der Waals surface area contributed by atoms with E-state index in [1.54, 1.807) is 11.8 Å². The van der Waals surface area contributed by atoms with Gasteiger partial charge in [-0.3, -0.25) is 4.79 Å². The third-order valence-electron chi connectivity index (χ3n) is 6.23. The van der Waals surface area contributed by atoms with Crippen molar-refractivity contribution in [2.24, 2.45) is 0 Å². The van der Waals surface area contributed by atoms with Gasteiger partial charge in [0.05, 0.1) is 12.1 Å². The summed E-state index contributed by atoms with van der Waals surface area (Å²) in [6, 6.07) is 18.3. The number of carbonyl (C=O) groups is 2. The molecule has 2 heterocycles. The van der Waals surface area contributed by atoms with Crippen LogP contribution in [-0.2, 0) is 20.9 Å². The lowest BCUT2D eigenvalue weighted by Gasteiger charge is -2.49. The van der Waals surface area contributed by atoms with Crippen molar-refractivity contribution in [3.63, 3.8) is 0 Å². The smallest absolute Gasteiger partial charge is 0.347 e. The lowest BCUT2D eigenvalue weighted by Crippen LogP contribution is -2.59. The van der Waals surface area contributed by atoms with Crippen LogP contribution in [0.1, 0.15) is 31.7 Å². The van der Waals surface area contributed by atoms with Crippen LogP contribution >= 0.6 is 12.4 Å². The molecule has 0 bridgehead atoms. The van der Waals surface area contributed by atoms with Gasteiger partial charge in [-0.1, -0.05) is 54.6 Å². The first-order valence-corrected chi connectivity index (χ1v) is 10.8. The molecule has 0 saturated carbocycles. The average molecular weight is 457 g/mol. The van der Waals surface area contributed by atoms with Gasteiger partial charge in [-0.05, 0) is 49.5 Å². The Kier molecular flexibility index (Phi) is 7.59. The quantitative estimate of drug-likeness (QED) is 0.525. The number of rotatable bonds is 5. The van der Waals surface area contributed by atoms with E-state index >= 15 is 0 Å². The molecule has 6 nitrogen and oxygen atoms in total. The summed E-state index contributed by atoms with van der Waals surface area (Å²) in [7, 11) is 0. The van der Waals surface area contributed by atoms with Crippen LogP contribution in [0.4, 0.5) is 0 Å². The maximum absolute atomic E-state index is 13.4. The number of ether oxygens (including phenoxy) is 1. The zero-order valence-electron chi connectivity index (χ0n) is 18.2. The highest BCUT2D eigenvalue weighted by Gasteiger charge is 2.48. The second-order valence-electron chi connectivity index (χ2n) is 8.15. The maximum Gasteiger partial charge on any atom is 0.347 e. The number of piperidine rings is 1. The van der Waals surface area contributed by atoms with Crippen molar-refractivity contribution in [2.75, 3.05) is 19.7 Å². The molecular weight excluding hydrogens is 428 g/mol. The Labute approximate surface area is 194 Å². The van der Waals surface area contributed by atoms with Gasteiger partial charge in [0.25, 0.3) is 5.91 Å². The Morgan fingerprint density at radius 3 is 2.31 bits per heavy atom. The standard InChI is InChI=1S/C25H28N2O4.ClH/c1-2-31-24(30)22-21(28)16-25(12-14-26-15-13-25)27(23(22)29)17-18-8-10-20(11-9-18)19-6-4-3-5-7-19;/h3-11,26,28H,2,12-17H2,1H3;1H. The van der Waals surface area contributed by atoms with Gasteiger partial charge in [-0.2, -0.15) is 0 Å². The zero-order valence-corrected chi connectivity index (χ0v) is 19.0. The minimum absolute atomic E-state index is 0. The second-order valence-corrected chi connectivity index (χ2v) is 8.15. The summed E-state index contributed by atoms with van der Waals surface area (Å²) >= 11 is 0. The number of nitrogens with zero attached hydrogens (tertiary/aromatic N) is 1. The molecule has 170 valence electrons. The van der Waals surface area contributed by atoms with Crippen LogP contribution in [0.25, 0.3) is 11.1 Å². The Hall–Kier alpha value is -2.83. The maximum atomic E-state index is 13.4. The summed E-state index contributed by atoms with van der Waals surface area (Å²) in [6.45, 7) is 3.74. The fraction of sp³-hybridized carbons (Fsp3) is 0.360. The monoisotopic (exact) mass is 456 g/mol. The number of amides is 1. The van der Waals surface area contributed by atoms with Crippen LogP contribution in [0.15, 0.2) is 65.9 Å². The molecule has 1 spiro atoms. The van der Waals surface area contributed by atoms with Crippen LogP contribution in [0.3, 0.4) is 0 Å². The number of aliphatic hydroxyl groups is 1. The van der Waals surface area contributed by atoms with Crippen molar-refractivity contribution in [1.29, 1.82) is 0 Å². The van der Waals surface area contributed by atoms with Gasteiger partial charge in [-0.15, -0.1) is 12.4 Å². The number of hydrogen-bond donors (Lipinski definition) is 2. The van der Waals surface area contributed by atoms with Gasteiger partial charge in [0.1, 0.15) is 5.76 Å². The third kappa shape index (κ3) is 4.66. The lowest BCUT2D eigenvalue weighted by molar-refractivity contribution is -0.147. The van der Waals surface area contributed by atoms with Crippen molar-refractivity contribution in [3.8, 4) is 11.1 Å². The van der Waals surface area contributed by atoms with E-state index in [9.17, 15) is 14.7 Å². The summed E-state index contributed by atoms with van der Waals surface area (Å²) in [5, 5.41) is 13.9. The lowest BCUT2D eigenvalue weighted by atomic mass is 9.78. The first-order chi connectivity index (χ1) is 15.0. The van der Waals surface area contributed by atoms with Crippen LogP contribution in [0.2, 0.25) is 0 Å². The molecule has 0 radical (unpaired) electrons. The van der Waals surface area contributed by atoms with Crippen molar-refractivity contribution in [1.82, 2.24) is 10.2 Å². The molecule has 2 aromatic rings. The molecule has 1 amide bonds. The van der Waals surface area contributed by atoms with E-state index in [0.29, 0.717) is 6.54 Å². The Morgan fingerprint density at radius 1 is 1.06 bits per heavy atom. The molecule has 2 aliphatic heterocycles. The molecule has 4 rings (SSSR count). The minimum atomic E-state index is -0.752. The van der Waals surface area contributed by atoms with E-state index in [1.165, 1.54) is 0 Å². The summed E-state index contributed by atoms with van der Waals surface area (Å²) < 4.78 is 5.04. The Balaban J connectivity index is 0.00000289. The highest BCUT2D eigenvalue weighted by atomic mass is 35.5. The van der Waals surface area contributed by atoms with Crippen molar-refractivity contribution in [2.45, 2.75) is 38.3 Å². The van der Waals surface area contributed by atoms with Crippen molar-refractivity contribution < 1.29 is 19.4 Å². The van der Waals surface area contributed by atoms with Gasteiger partial charge >= 0.3 is 5.97 Å². The zero-order chi connectivity index (χ0) is 21.8. The van der Waals surface area contributed by atoms with E-state index in [-0.39, 0.29) is 36.8 Å². The van der Waals surface area contributed by atoms with E-state index in [2.05, 4.69) is 17.4 Å². The molecule has 0 atom stereocenters. The molecule has 1 saturated heterocycles. The van der Waals surface area contributed by atoms with E-state index < -0.39 is 17.4 Å². The number of benzene rings is 2. The number of nitrogens with one attached hydrogen (secondary N) is 1. The summed E-state index contributed by atoms with van der Waals surface area (Å²) in [4.78, 5) is 27.6. The molecule has 1 fully saturated rings. The first kappa shape index (κ1) is 23.8. The third-order valence-corrected chi connectivity index (χ3v) is 6.23. The summed E-state index contributed by atoms with van der Waals surface area (Å²) in [6.07, 6.45) is 1.72. The number of carbonyl (C=O) groups excluding carboxylic acids is 2. The summed E-state index contributed by atoms with van der Waals surface area (Å²) in [5.41, 5.74) is 2.49. The van der Waals surface area contributed by atoms with E-state index in [0.717, 1.165) is 42.6 Å². The van der Waals surface area contributed by atoms with Gasteiger partial charge in [-0.25, -0.2) is 4.79 Å². The van der Waals surface area contributed by atoms with Gasteiger partial charge in [0.15, 0.2) is 5.57 Å². The predicted octanol–water partition coefficient (Wildman–Crippen LogP) is 4.01.